The van der Waals surface area contributed by atoms with Gasteiger partial charge in [0.2, 0.25) is 0 Å². The molecule has 0 aliphatic rings. The highest BCUT2D eigenvalue weighted by Gasteiger charge is 2.19. The Kier molecular flexibility index (Phi) is 44.2. The van der Waals surface area contributed by atoms with E-state index >= 15 is 0 Å². The molecule has 0 spiro atoms. The molecule has 0 N–H and O–H groups in total. The lowest BCUT2D eigenvalue weighted by atomic mass is 9.99. The lowest BCUT2D eigenvalue weighted by Gasteiger charge is -2.18. The first-order chi connectivity index (χ1) is 29.2. The Labute approximate surface area is 374 Å². The summed E-state index contributed by atoms with van der Waals surface area (Å²) < 4.78 is 16.8. The van der Waals surface area contributed by atoms with Gasteiger partial charge in [0.15, 0.2) is 6.10 Å². The molecule has 3 atom stereocenters. The van der Waals surface area contributed by atoms with Gasteiger partial charge in [-0.1, -0.05) is 253 Å². The van der Waals surface area contributed by atoms with Crippen molar-refractivity contribution in [3.05, 3.63) is 0 Å². The summed E-state index contributed by atoms with van der Waals surface area (Å²) >= 11 is 0. The molecule has 60 heavy (non-hydrogen) atoms. The normalized spacial score (nSPS) is 13.1. The second-order valence-corrected chi connectivity index (χ2v) is 19.5. The molecule has 6 nitrogen and oxygen atoms in total. The van der Waals surface area contributed by atoms with Crippen molar-refractivity contribution in [3.63, 3.8) is 0 Å². The molecule has 0 saturated carbocycles. The number of hydrogen-bond donors (Lipinski definition) is 0. The zero-order valence-electron chi connectivity index (χ0n) is 41.3. The molecule has 0 aromatic heterocycles. The number of ether oxygens (including phenoxy) is 3. The van der Waals surface area contributed by atoms with Crippen LogP contribution in [0.4, 0.5) is 0 Å². The van der Waals surface area contributed by atoms with Gasteiger partial charge < -0.3 is 14.2 Å². The van der Waals surface area contributed by atoms with Crippen LogP contribution >= 0.6 is 0 Å². The zero-order valence-corrected chi connectivity index (χ0v) is 41.3. The van der Waals surface area contributed by atoms with Crippen LogP contribution in [0.3, 0.4) is 0 Å². The zero-order chi connectivity index (χ0) is 44.2. The van der Waals surface area contributed by atoms with Crippen LogP contribution in [0.1, 0.15) is 292 Å². The number of esters is 3. The summed E-state index contributed by atoms with van der Waals surface area (Å²) in [5, 5.41) is 0. The summed E-state index contributed by atoms with van der Waals surface area (Å²) in [6.07, 6.45) is 45.1. The Hall–Kier alpha value is -1.59. The maximum Gasteiger partial charge on any atom is 0.306 e. The number of carbonyl (C=O) groups excluding carboxylic acids is 3. The van der Waals surface area contributed by atoms with E-state index in [9.17, 15) is 14.4 Å². The van der Waals surface area contributed by atoms with Crippen LogP contribution in [0, 0.1) is 17.8 Å². The lowest BCUT2D eigenvalue weighted by molar-refractivity contribution is -0.167. The van der Waals surface area contributed by atoms with Crippen molar-refractivity contribution in [2.45, 2.75) is 298 Å². The van der Waals surface area contributed by atoms with Gasteiger partial charge in [0.05, 0.1) is 0 Å². The topological polar surface area (TPSA) is 78.9 Å². The van der Waals surface area contributed by atoms with Crippen LogP contribution < -0.4 is 0 Å². The van der Waals surface area contributed by atoms with Crippen LogP contribution in [0.15, 0.2) is 0 Å². The lowest BCUT2D eigenvalue weighted by Crippen LogP contribution is -2.30. The van der Waals surface area contributed by atoms with Crippen molar-refractivity contribution in [2.24, 2.45) is 17.8 Å². The predicted molar refractivity (Wildman–Crippen MR) is 256 cm³/mol. The Morgan fingerprint density at radius 2 is 0.583 bits per heavy atom. The van der Waals surface area contributed by atoms with Crippen molar-refractivity contribution in [1.82, 2.24) is 0 Å². The number of rotatable bonds is 47. The van der Waals surface area contributed by atoms with Crippen molar-refractivity contribution < 1.29 is 28.6 Å². The highest BCUT2D eigenvalue weighted by Crippen LogP contribution is 2.18. The van der Waals surface area contributed by atoms with Gasteiger partial charge in [0.25, 0.3) is 0 Å². The van der Waals surface area contributed by atoms with Crippen LogP contribution in [0.2, 0.25) is 0 Å². The van der Waals surface area contributed by atoms with Gasteiger partial charge >= 0.3 is 17.9 Å². The van der Waals surface area contributed by atoms with Gasteiger partial charge in [-0.05, 0) is 37.0 Å². The maximum atomic E-state index is 12.8. The molecule has 0 saturated heterocycles. The Morgan fingerprint density at radius 3 is 0.867 bits per heavy atom. The monoisotopic (exact) mass is 849 g/mol. The summed E-state index contributed by atoms with van der Waals surface area (Å²) in [5.41, 5.74) is 0. The SMILES string of the molecule is CCC(C)CCCCCCCCCCCCCCCCC(=O)OC[C@H](COC(=O)CCCCCCCCC(C)CC)OC(=O)CCCCCCCCCCCCCC(C)C. The third-order valence-electron chi connectivity index (χ3n) is 12.9. The van der Waals surface area contributed by atoms with Gasteiger partial charge in [-0.25, -0.2) is 0 Å². The molecule has 2 unspecified atom stereocenters. The summed E-state index contributed by atoms with van der Waals surface area (Å²) in [7, 11) is 0. The molecule has 0 rings (SSSR count). The fourth-order valence-corrected chi connectivity index (χ4v) is 8.05. The molecule has 0 aromatic rings. The Balaban J connectivity index is 4.28. The van der Waals surface area contributed by atoms with Gasteiger partial charge in [-0.2, -0.15) is 0 Å². The fourth-order valence-electron chi connectivity index (χ4n) is 8.05. The number of unbranched alkanes of at least 4 members (excludes halogenated alkanes) is 28. The van der Waals surface area contributed by atoms with Gasteiger partial charge in [0, 0.05) is 19.3 Å². The van der Waals surface area contributed by atoms with Crippen LogP contribution in [0.5, 0.6) is 0 Å². The van der Waals surface area contributed by atoms with E-state index in [1.807, 2.05) is 0 Å². The van der Waals surface area contributed by atoms with Crippen molar-refractivity contribution in [3.8, 4) is 0 Å². The summed E-state index contributed by atoms with van der Waals surface area (Å²) in [4.78, 5) is 38.0. The average molecular weight is 849 g/mol. The average Bonchev–Trinajstić information content (AvgIpc) is 3.23. The molecule has 0 amide bonds. The first kappa shape index (κ1) is 58.4. The quantitative estimate of drug-likeness (QED) is 0.0345. The Morgan fingerprint density at radius 1 is 0.333 bits per heavy atom. The summed E-state index contributed by atoms with van der Waals surface area (Å²) in [6.45, 7) is 13.7. The minimum atomic E-state index is -0.763. The van der Waals surface area contributed by atoms with Crippen molar-refractivity contribution >= 4 is 17.9 Å². The Bertz CT molecular complexity index is 933. The molecular weight excluding hydrogens is 745 g/mol. The second kappa shape index (κ2) is 45.4. The molecule has 0 aromatic carbocycles. The molecule has 0 aliphatic carbocycles. The summed E-state index contributed by atoms with van der Waals surface area (Å²) in [6, 6.07) is 0. The first-order valence-electron chi connectivity index (χ1n) is 26.7. The van der Waals surface area contributed by atoms with Crippen LogP contribution in [0.25, 0.3) is 0 Å². The molecule has 0 aliphatic heterocycles. The highest BCUT2D eigenvalue weighted by molar-refractivity contribution is 5.71. The van der Waals surface area contributed by atoms with E-state index in [0.717, 1.165) is 75.5 Å². The van der Waals surface area contributed by atoms with E-state index in [1.54, 1.807) is 0 Å². The minimum absolute atomic E-state index is 0.0650. The third kappa shape index (κ3) is 44.5. The van der Waals surface area contributed by atoms with E-state index in [2.05, 4.69) is 41.5 Å². The molecule has 6 heteroatoms. The molecule has 0 fully saturated rings. The first-order valence-corrected chi connectivity index (χ1v) is 26.7. The summed E-state index contributed by atoms with van der Waals surface area (Å²) in [5.74, 6) is 1.68. The van der Waals surface area contributed by atoms with E-state index in [-0.39, 0.29) is 31.1 Å². The van der Waals surface area contributed by atoms with Gasteiger partial charge in [-0.3, -0.25) is 14.4 Å². The smallest absolute Gasteiger partial charge is 0.306 e. The van der Waals surface area contributed by atoms with Gasteiger partial charge in [0.1, 0.15) is 13.2 Å². The van der Waals surface area contributed by atoms with E-state index in [1.165, 1.54) is 173 Å². The van der Waals surface area contributed by atoms with Gasteiger partial charge in [-0.15, -0.1) is 0 Å². The molecule has 0 bridgehead atoms. The number of carbonyl (C=O) groups is 3. The molecule has 0 heterocycles. The third-order valence-corrected chi connectivity index (χ3v) is 12.9. The minimum Gasteiger partial charge on any atom is -0.462 e. The van der Waals surface area contributed by atoms with E-state index in [4.69, 9.17) is 14.2 Å². The van der Waals surface area contributed by atoms with E-state index < -0.39 is 6.10 Å². The van der Waals surface area contributed by atoms with Crippen LogP contribution in [-0.2, 0) is 28.6 Å². The maximum absolute atomic E-state index is 12.8. The van der Waals surface area contributed by atoms with Crippen molar-refractivity contribution in [2.75, 3.05) is 13.2 Å². The second-order valence-electron chi connectivity index (χ2n) is 19.5. The molecular formula is C54H104O6. The van der Waals surface area contributed by atoms with Crippen LogP contribution in [-0.4, -0.2) is 37.2 Å². The molecule has 0 radical (unpaired) electrons. The fraction of sp³-hybridized carbons (Fsp3) is 0.944. The standard InChI is InChI=1S/C54H104O6/c1-7-49(5)41-35-29-23-19-15-11-9-10-12-16-20-24-31-37-43-52(55)58-46-51(47-59-53(56)44-38-32-27-26-30-36-42-50(6)8-2)60-54(57)45-39-33-25-21-17-13-14-18-22-28-34-40-48(3)4/h48-51H,7-47H2,1-6H3/t49?,50?,51-/m1/s1. The highest BCUT2D eigenvalue weighted by atomic mass is 16.6. The molecule has 356 valence electrons. The van der Waals surface area contributed by atoms with E-state index in [0.29, 0.717) is 19.3 Å². The van der Waals surface area contributed by atoms with Crippen molar-refractivity contribution in [1.29, 1.82) is 0 Å². The number of hydrogen-bond acceptors (Lipinski definition) is 6. The largest absolute Gasteiger partial charge is 0.462 e. The predicted octanol–water partition coefficient (Wildman–Crippen LogP) is 17.2.